The molecule has 9 nitrogen and oxygen atoms in total. The molecule has 0 radical (unpaired) electrons. The number of carbonyl (C=O) groups excluding carboxylic acids is 2. The molecule has 43 heavy (non-hydrogen) atoms. The molecule has 1 aliphatic carbocycles. The molecule has 1 atom stereocenters. The highest BCUT2D eigenvalue weighted by Gasteiger charge is 2.38. The number of nitrogens with zero attached hydrogens (tertiary/aromatic N) is 4. The number of piperazine rings is 1. The molecule has 228 valence electrons. The summed E-state index contributed by atoms with van der Waals surface area (Å²) in [5, 5.41) is 10.2. The van der Waals surface area contributed by atoms with Crippen LogP contribution in [-0.2, 0) is 16.1 Å². The van der Waals surface area contributed by atoms with E-state index < -0.39 is 5.60 Å². The van der Waals surface area contributed by atoms with Gasteiger partial charge in [-0.15, -0.1) is 0 Å². The number of carbonyl (C=O) groups is 2. The molecule has 2 saturated heterocycles. The van der Waals surface area contributed by atoms with E-state index in [4.69, 9.17) is 4.74 Å². The molecule has 1 saturated carbocycles. The highest BCUT2D eigenvalue weighted by atomic mass is 16.5. The summed E-state index contributed by atoms with van der Waals surface area (Å²) in [7, 11) is 0. The number of H-pyrrole nitrogens is 1. The van der Waals surface area contributed by atoms with Gasteiger partial charge >= 0.3 is 0 Å². The Morgan fingerprint density at radius 2 is 1.86 bits per heavy atom. The van der Waals surface area contributed by atoms with Crippen LogP contribution in [0.2, 0.25) is 0 Å². The summed E-state index contributed by atoms with van der Waals surface area (Å²) >= 11 is 0. The summed E-state index contributed by atoms with van der Waals surface area (Å²) in [6, 6.07) is 14.8. The van der Waals surface area contributed by atoms with Crippen molar-refractivity contribution in [3.63, 3.8) is 0 Å². The molecule has 0 unspecified atom stereocenters. The first-order valence-electron chi connectivity index (χ1n) is 15.7. The van der Waals surface area contributed by atoms with Gasteiger partial charge in [-0.25, -0.2) is 0 Å². The lowest BCUT2D eigenvalue weighted by Crippen LogP contribution is -2.54. The van der Waals surface area contributed by atoms with Gasteiger partial charge < -0.3 is 24.8 Å². The van der Waals surface area contributed by atoms with Crippen LogP contribution in [0.5, 0.6) is 5.75 Å². The smallest absolute Gasteiger partial charge is 0.266 e. The normalized spacial score (nSPS) is 19.3. The van der Waals surface area contributed by atoms with Crippen LogP contribution in [0.25, 0.3) is 11.1 Å². The molecule has 9 heteroatoms. The lowest BCUT2D eigenvalue weighted by atomic mass is 9.95. The topological polar surface area (TPSA) is 93.8 Å². The number of piperidine rings is 1. The van der Waals surface area contributed by atoms with E-state index >= 15 is 0 Å². The van der Waals surface area contributed by atoms with Crippen LogP contribution in [0.4, 0.5) is 5.69 Å². The summed E-state index contributed by atoms with van der Waals surface area (Å²) in [4.78, 5) is 33.5. The molecular formula is C34H44N6O3. The van der Waals surface area contributed by atoms with Crippen LogP contribution in [0.1, 0.15) is 50.7 Å². The summed E-state index contributed by atoms with van der Waals surface area (Å²) in [5.41, 5.74) is 4.65. The first kappa shape index (κ1) is 29.2. The highest BCUT2D eigenvalue weighted by molar-refractivity contribution is 5.85. The average Bonchev–Trinajstić information content (AvgIpc) is 3.72. The fourth-order valence-corrected chi connectivity index (χ4v) is 6.40. The quantitative estimate of drug-likeness (QED) is 0.388. The largest absolute Gasteiger partial charge is 0.478 e. The molecule has 2 amide bonds. The number of aromatic nitrogens is 2. The van der Waals surface area contributed by atoms with Crippen LogP contribution < -0.4 is 15.0 Å². The van der Waals surface area contributed by atoms with E-state index in [1.165, 1.54) is 11.1 Å². The van der Waals surface area contributed by atoms with Gasteiger partial charge in [0.1, 0.15) is 5.75 Å². The second-order valence-corrected chi connectivity index (χ2v) is 12.8. The van der Waals surface area contributed by atoms with Gasteiger partial charge in [-0.2, -0.15) is 5.10 Å². The van der Waals surface area contributed by atoms with Gasteiger partial charge in [-0.05, 0) is 75.3 Å². The van der Waals surface area contributed by atoms with Crippen molar-refractivity contribution < 1.29 is 14.3 Å². The van der Waals surface area contributed by atoms with Gasteiger partial charge in [0.15, 0.2) is 5.60 Å². The molecule has 6 rings (SSSR count). The standard InChI is InChI=1S/C34H44N6O3/c1-24-18-25(28-20-36-37-21-28)9-10-26(24)23-40(29-11-12-29)32(41)27-6-5-15-39(22-27)30-7-4-8-31(19-30)43-34(2,3)33(42)38-16-13-35-14-17-38/h4,7-10,18-21,27,29,35H,5-6,11-17,22-23H2,1-3H3,(H,36,37)/t27-/m1/s1. The minimum absolute atomic E-state index is 0.00885. The third-order valence-corrected chi connectivity index (χ3v) is 9.03. The van der Waals surface area contributed by atoms with Gasteiger partial charge in [0.25, 0.3) is 5.91 Å². The maximum Gasteiger partial charge on any atom is 0.266 e. The number of aromatic amines is 1. The lowest BCUT2D eigenvalue weighted by molar-refractivity contribution is -0.146. The molecule has 1 aromatic heterocycles. The third-order valence-electron chi connectivity index (χ3n) is 9.03. The van der Waals surface area contributed by atoms with Crippen molar-refractivity contribution in [2.75, 3.05) is 44.2 Å². The van der Waals surface area contributed by atoms with Crippen molar-refractivity contribution in [3.05, 3.63) is 66.0 Å². The second kappa shape index (κ2) is 12.4. The lowest BCUT2D eigenvalue weighted by Gasteiger charge is -2.37. The van der Waals surface area contributed by atoms with Gasteiger partial charge in [-0.1, -0.05) is 24.3 Å². The first-order chi connectivity index (χ1) is 20.8. The number of hydrogen-bond donors (Lipinski definition) is 2. The Morgan fingerprint density at radius 1 is 1.05 bits per heavy atom. The molecule has 3 aromatic rings. The molecule has 3 heterocycles. The third kappa shape index (κ3) is 6.72. The Balaban J connectivity index is 1.12. The van der Waals surface area contributed by atoms with E-state index in [-0.39, 0.29) is 17.7 Å². The average molecular weight is 585 g/mol. The van der Waals surface area contributed by atoms with Crippen LogP contribution in [0.3, 0.4) is 0 Å². The van der Waals surface area contributed by atoms with Crippen molar-refractivity contribution in [3.8, 4) is 16.9 Å². The van der Waals surface area contributed by atoms with Crippen molar-refractivity contribution in [1.82, 2.24) is 25.3 Å². The molecule has 2 N–H and O–H groups in total. The van der Waals surface area contributed by atoms with Gasteiger partial charge in [0.2, 0.25) is 5.91 Å². The van der Waals surface area contributed by atoms with E-state index in [1.54, 1.807) is 0 Å². The zero-order valence-electron chi connectivity index (χ0n) is 25.6. The predicted octanol–water partition coefficient (Wildman–Crippen LogP) is 4.38. The minimum Gasteiger partial charge on any atom is -0.478 e. The van der Waals surface area contributed by atoms with E-state index in [0.717, 1.165) is 62.1 Å². The number of anilines is 1. The van der Waals surface area contributed by atoms with Crippen LogP contribution >= 0.6 is 0 Å². The Hall–Kier alpha value is -3.85. The van der Waals surface area contributed by atoms with Gasteiger partial charge in [-0.3, -0.25) is 14.7 Å². The molecule has 0 bridgehead atoms. The van der Waals surface area contributed by atoms with Gasteiger partial charge in [0.05, 0.1) is 12.1 Å². The van der Waals surface area contributed by atoms with E-state index in [2.05, 4.69) is 56.5 Å². The molecule has 3 fully saturated rings. The Labute approximate surface area is 254 Å². The minimum atomic E-state index is -0.962. The number of nitrogens with one attached hydrogen (secondary N) is 2. The summed E-state index contributed by atoms with van der Waals surface area (Å²) in [6.07, 6.45) is 7.76. The maximum atomic E-state index is 14.0. The van der Waals surface area contributed by atoms with Crippen LogP contribution in [0, 0.1) is 12.8 Å². The second-order valence-electron chi connectivity index (χ2n) is 12.8. The Bertz CT molecular complexity index is 1430. The first-order valence-corrected chi connectivity index (χ1v) is 15.7. The van der Waals surface area contributed by atoms with Gasteiger partial charge in [0, 0.05) is 75.4 Å². The molecule has 2 aliphatic heterocycles. The van der Waals surface area contributed by atoms with Crippen molar-refractivity contribution >= 4 is 17.5 Å². The van der Waals surface area contributed by atoms with E-state index in [9.17, 15) is 9.59 Å². The van der Waals surface area contributed by atoms with E-state index in [1.807, 2.05) is 49.3 Å². The van der Waals surface area contributed by atoms with Crippen molar-refractivity contribution in [1.29, 1.82) is 0 Å². The number of rotatable bonds is 9. The Morgan fingerprint density at radius 3 is 2.58 bits per heavy atom. The van der Waals surface area contributed by atoms with Crippen LogP contribution in [0.15, 0.2) is 54.9 Å². The summed E-state index contributed by atoms with van der Waals surface area (Å²) in [6.45, 7) is 11.1. The fraction of sp³-hybridized carbons (Fsp3) is 0.500. The van der Waals surface area contributed by atoms with Crippen molar-refractivity contribution in [2.24, 2.45) is 5.92 Å². The maximum absolute atomic E-state index is 14.0. The number of aryl methyl sites for hydroxylation is 1. The van der Waals surface area contributed by atoms with Crippen molar-refractivity contribution in [2.45, 2.75) is 64.6 Å². The predicted molar refractivity (Wildman–Crippen MR) is 168 cm³/mol. The Kier molecular flexibility index (Phi) is 8.43. The number of ether oxygens (including phenoxy) is 1. The SMILES string of the molecule is Cc1cc(-c2cn[nH]c2)ccc1CN(C(=O)[C@@H]1CCCN(c2cccc(OC(C)(C)C(=O)N3CCNCC3)c2)C1)C1CC1. The van der Waals surface area contributed by atoms with Crippen LogP contribution in [-0.4, -0.2) is 82.7 Å². The molecule has 0 spiro atoms. The summed E-state index contributed by atoms with van der Waals surface area (Å²) in [5.74, 6) is 0.902. The highest BCUT2D eigenvalue weighted by Crippen LogP contribution is 2.34. The fourth-order valence-electron chi connectivity index (χ4n) is 6.40. The number of amides is 2. The number of hydrogen-bond acceptors (Lipinski definition) is 6. The summed E-state index contributed by atoms with van der Waals surface area (Å²) < 4.78 is 6.29. The van der Waals surface area contributed by atoms with E-state index in [0.29, 0.717) is 38.0 Å². The number of benzene rings is 2. The molecule has 2 aromatic carbocycles. The monoisotopic (exact) mass is 584 g/mol. The zero-order chi connectivity index (χ0) is 30.0. The molecule has 3 aliphatic rings. The molecular weight excluding hydrogens is 540 g/mol. The zero-order valence-corrected chi connectivity index (χ0v) is 25.6.